The second kappa shape index (κ2) is 8.61. The third-order valence-electron chi connectivity index (χ3n) is 2.34. The van der Waals surface area contributed by atoms with Crippen LogP contribution in [0.25, 0.3) is 0 Å². The Morgan fingerprint density at radius 1 is 1.42 bits per heavy atom. The lowest BCUT2D eigenvalue weighted by atomic mass is 10.3. The Balaban J connectivity index is 2.26. The average molecular weight is 287 g/mol. The first kappa shape index (κ1) is 15.6. The zero-order valence-electron chi connectivity index (χ0n) is 10.9. The summed E-state index contributed by atoms with van der Waals surface area (Å²) in [5.41, 5.74) is 0. The summed E-state index contributed by atoms with van der Waals surface area (Å²) in [5.74, 6) is 0.596. The van der Waals surface area contributed by atoms with Crippen LogP contribution in [0, 0.1) is 0 Å². The van der Waals surface area contributed by atoms with Crippen molar-refractivity contribution >= 4 is 17.6 Å². The Morgan fingerprint density at radius 3 is 2.84 bits per heavy atom. The molecule has 1 aromatic rings. The van der Waals surface area contributed by atoms with Gasteiger partial charge in [0.2, 0.25) is 0 Å². The van der Waals surface area contributed by atoms with Gasteiger partial charge in [-0.15, -0.1) is 0 Å². The van der Waals surface area contributed by atoms with Crippen molar-refractivity contribution in [2.45, 2.75) is 19.4 Å². The standard InChI is InChI=1S/C13H19ClN2O3/c1-10(9-16-13(18)15-7-4-8-17)19-12-6-3-2-5-11(12)14/h2-3,5-6,10,17H,4,7-9H2,1H3,(H2,15,16,18). The Kier molecular flexibility index (Phi) is 7.07. The van der Waals surface area contributed by atoms with Gasteiger partial charge in [-0.1, -0.05) is 23.7 Å². The number of amides is 2. The monoisotopic (exact) mass is 286 g/mol. The van der Waals surface area contributed by atoms with E-state index in [0.717, 1.165) is 0 Å². The van der Waals surface area contributed by atoms with Gasteiger partial charge in [-0.3, -0.25) is 0 Å². The maximum absolute atomic E-state index is 11.4. The van der Waals surface area contributed by atoms with Crippen molar-refractivity contribution in [2.75, 3.05) is 19.7 Å². The Labute approximate surface area is 117 Å². The Bertz CT molecular complexity index is 401. The van der Waals surface area contributed by atoms with Crippen molar-refractivity contribution < 1.29 is 14.6 Å². The number of hydrogen-bond donors (Lipinski definition) is 3. The number of aliphatic hydroxyl groups excluding tert-OH is 1. The number of halogens is 1. The van der Waals surface area contributed by atoms with E-state index in [4.69, 9.17) is 21.4 Å². The molecule has 0 aliphatic heterocycles. The van der Waals surface area contributed by atoms with Gasteiger partial charge in [0.05, 0.1) is 11.6 Å². The molecule has 0 radical (unpaired) electrons. The molecule has 1 aromatic carbocycles. The predicted octanol–water partition coefficient (Wildman–Crippen LogP) is 1.79. The Morgan fingerprint density at radius 2 is 2.16 bits per heavy atom. The van der Waals surface area contributed by atoms with Gasteiger partial charge in [-0.25, -0.2) is 4.79 Å². The van der Waals surface area contributed by atoms with Crippen molar-refractivity contribution in [3.8, 4) is 5.75 Å². The van der Waals surface area contributed by atoms with Crippen LogP contribution < -0.4 is 15.4 Å². The molecule has 5 nitrogen and oxygen atoms in total. The van der Waals surface area contributed by atoms with E-state index in [9.17, 15) is 4.79 Å². The van der Waals surface area contributed by atoms with Crippen molar-refractivity contribution in [3.63, 3.8) is 0 Å². The number of aliphatic hydroxyl groups is 1. The molecular formula is C13H19ClN2O3. The highest BCUT2D eigenvalue weighted by atomic mass is 35.5. The number of urea groups is 1. The third-order valence-corrected chi connectivity index (χ3v) is 2.65. The van der Waals surface area contributed by atoms with Gasteiger partial charge in [0, 0.05) is 13.2 Å². The van der Waals surface area contributed by atoms with E-state index in [1.807, 2.05) is 19.1 Å². The van der Waals surface area contributed by atoms with Crippen molar-refractivity contribution in [1.29, 1.82) is 0 Å². The number of hydrogen-bond acceptors (Lipinski definition) is 3. The first-order chi connectivity index (χ1) is 9.13. The summed E-state index contributed by atoms with van der Waals surface area (Å²) in [6.45, 7) is 2.72. The fraction of sp³-hybridized carbons (Fsp3) is 0.462. The molecule has 2 amide bonds. The molecule has 19 heavy (non-hydrogen) atoms. The van der Waals surface area contributed by atoms with Crippen LogP contribution in [0.2, 0.25) is 5.02 Å². The molecule has 1 unspecified atom stereocenters. The number of carbonyl (C=O) groups excluding carboxylic acids is 1. The first-order valence-electron chi connectivity index (χ1n) is 6.17. The zero-order valence-corrected chi connectivity index (χ0v) is 11.6. The second-order valence-corrected chi connectivity index (χ2v) is 4.48. The molecule has 0 heterocycles. The van der Waals surface area contributed by atoms with Crippen LogP contribution in [0.5, 0.6) is 5.75 Å². The number of carbonyl (C=O) groups is 1. The number of para-hydroxylation sites is 1. The fourth-order valence-corrected chi connectivity index (χ4v) is 1.56. The molecule has 0 aliphatic carbocycles. The summed E-state index contributed by atoms with van der Waals surface area (Å²) < 4.78 is 5.61. The zero-order chi connectivity index (χ0) is 14.1. The van der Waals surface area contributed by atoms with Crippen LogP contribution in [0.1, 0.15) is 13.3 Å². The molecule has 0 spiro atoms. The van der Waals surface area contributed by atoms with E-state index >= 15 is 0 Å². The number of ether oxygens (including phenoxy) is 1. The van der Waals surface area contributed by atoms with Gasteiger partial charge in [0.15, 0.2) is 0 Å². The van der Waals surface area contributed by atoms with Crippen LogP contribution in [0.4, 0.5) is 4.79 Å². The minimum atomic E-state index is -0.275. The van der Waals surface area contributed by atoms with Crippen molar-refractivity contribution in [1.82, 2.24) is 10.6 Å². The molecule has 0 saturated carbocycles. The molecule has 1 rings (SSSR count). The quantitative estimate of drug-likeness (QED) is 0.669. The van der Waals surface area contributed by atoms with E-state index in [1.54, 1.807) is 12.1 Å². The van der Waals surface area contributed by atoms with Crippen LogP contribution in [0.3, 0.4) is 0 Å². The van der Waals surface area contributed by atoms with Crippen LogP contribution in [-0.2, 0) is 0 Å². The van der Waals surface area contributed by atoms with Crippen LogP contribution in [0.15, 0.2) is 24.3 Å². The molecule has 0 saturated heterocycles. The molecular weight excluding hydrogens is 268 g/mol. The van der Waals surface area contributed by atoms with Gasteiger partial charge in [0.1, 0.15) is 11.9 Å². The fourth-order valence-electron chi connectivity index (χ4n) is 1.38. The van der Waals surface area contributed by atoms with E-state index in [2.05, 4.69) is 10.6 Å². The van der Waals surface area contributed by atoms with E-state index in [0.29, 0.717) is 30.3 Å². The summed E-state index contributed by atoms with van der Waals surface area (Å²) in [5, 5.41) is 14.4. The van der Waals surface area contributed by atoms with E-state index in [1.165, 1.54) is 0 Å². The largest absolute Gasteiger partial charge is 0.487 e. The molecule has 3 N–H and O–H groups in total. The minimum Gasteiger partial charge on any atom is -0.487 e. The first-order valence-corrected chi connectivity index (χ1v) is 6.55. The molecule has 106 valence electrons. The lowest BCUT2D eigenvalue weighted by Crippen LogP contribution is -2.40. The minimum absolute atomic E-state index is 0.0618. The molecule has 1 atom stereocenters. The normalized spacial score (nSPS) is 11.7. The van der Waals surface area contributed by atoms with Crippen LogP contribution >= 0.6 is 11.6 Å². The van der Waals surface area contributed by atoms with Crippen molar-refractivity contribution in [3.05, 3.63) is 29.3 Å². The highest BCUT2D eigenvalue weighted by molar-refractivity contribution is 6.32. The lowest BCUT2D eigenvalue weighted by molar-refractivity contribution is 0.207. The molecule has 0 bridgehead atoms. The number of rotatable bonds is 7. The number of nitrogens with one attached hydrogen (secondary N) is 2. The maximum atomic E-state index is 11.4. The topological polar surface area (TPSA) is 70.6 Å². The molecule has 0 aliphatic rings. The summed E-state index contributed by atoms with van der Waals surface area (Å²) in [6, 6.07) is 6.91. The molecule has 0 aromatic heterocycles. The average Bonchev–Trinajstić information content (AvgIpc) is 2.39. The molecule has 0 fully saturated rings. The second-order valence-electron chi connectivity index (χ2n) is 4.07. The summed E-state index contributed by atoms with van der Waals surface area (Å²) in [6.07, 6.45) is 0.350. The highest BCUT2D eigenvalue weighted by Gasteiger charge is 2.08. The Hall–Kier alpha value is -1.46. The predicted molar refractivity (Wildman–Crippen MR) is 74.6 cm³/mol. The maximum Gasteiger partial charge on any atom is 0.314 e. The number of benzene rings is 1. The summed E-state index contributed by atoms with van der Waals surface area (Å²) in [4.78, 5) is 11.4. The van der Waals surface area contributed by atoms with Gasteiger partial charge < -0.3 is 20.5 Å². The molecule has 6 heteroatoms. The third kappa shape index (κ3) is 6.31. The van der Waals surface area contributed by atoms with Crippen LogP contribution in [-0.4, -0.2) is 36.9 Å². The van der Waals surface area contributed by atoms with E-state index < -0.39 is 0 Å². The lowest BCUT2D eigenvalue weighted by Gasteiger charge is -2.16. The van der Waals surface area contributed by atoms with Gasteiger partial charge >= 0.3 is 6.03 Å². The highest BCUT2D eigenvalue weighted by Crippen LogP contribution is 2.23. The van der Waals surface area contributed by atoms with Crippen molar-refractivity contribution in [2.24, 2.45) is 0 Å². The summed E-state index contributed by atoms with van der Waals surface area (Å²) in [7, 11) is 0. The van der Waals surface area contributed by atoms with Gasteiger partial charge in [-0.2, -0.15) is 0 Å². The van der Waals surface area contributed by atoms with E-state index in [-0.39, 0.29) is 18.7 Å². The SMILES string of the molecule is CC(CNC(=O)NCCCO)Oc1ccccc1Cl. The van der Waals surface area contributed by atoms with Gasteiger partial charge in [0.25, 0.3) is 0 Å². The van der Waals surface area contributed by atoms with Gasteiger partial charge in [-0.05, 0) is 25.5 Å². The smallest absolute Gasteiger partial charge is 0.314 e. The summed E-state index contributed by atoms with van der Waals surface area (Å²) >= 11 is 5.97.